The van der Waals surface area contributed by atoms with Crippen LogP contribution in [0.2, 0.25) is 0 Å². The number of carbonyl (C=O) groups is 1. The fourth-order valence-electron chi connectivity index (χ4n) is 3.56. The Labute approximate surface area is 213 Å². The Kier molecular flexibility index (Phi) is 11.5. The smallest absolute Gasteiger partial charge is 0.331 e. The van der Waals surface area contributed by atoms with Gasteiger partial charge in [0.15, 0.2) is 6.04 Å². The summed E-state index contributed by atoms with van der Waals surface area (Å²) in [5, 5.41) is 0. The Balaban J connectivity index is 1.65. The number of carbonyl (C=O) groups excluding carboxylic acids is 1. The summed E-state index contributed by atoms with van der Waals surface area (Å²) in [6.45, 7) is 4.88. The van der Waals surface area contributed by atoms with Crippen molar-refractivity contribution in [3.05, 3.63) is 107 Å². The lowest BCUT2D eigenvalue weighted by Gasteiger charge is -2.12. The zero-order valence-electron chi connectivity index (χ0n) is 21.0. The normalized spacial score (nSPS) is 13.2. The maximum Gasteiger partial charge on any atom is 0.331 e. The quantitative estimate of drug-likeness (QED) is 0.102. The Bertz CT molecular complexity index is 1080. The number of rotatable bonds is 14. The molecular formula is C30H34N2O4. The van der Waals surface area contributed by atoms with Crippen LogP contribution >= 0.6 is 0 Å². The van der Waals surface area contributed by atoms with Crippen molar-refractivity contribution >= 4 is 18.4 Å². The monoisotopic (exact) mass is 486 g/mol. The number of hydrogen-bond acceptors (Lipinski definition) is 6. The minimum absolute atomic E-state index is 0.0662. The first-order chi connectivity index (χ1) is 17.7. The summed E-state index contributed by atoms with van der Waals surface area (Å²) in [6, 6.07) is 27.2. The number of nitrogens with zero attached hydrogens (tertiary/aromatic N) is 2. The zero-order valence-corrected chi connectivity index (χ0v) is 21.0. The van der Waals surface area contributed by atoms with E-state index in [-0.39, 0.29) is 12.0 Å². The standard InChI is InChI=1S/C30H34N2O4/c1-3-34-30(33)29(20-25-13-9-6-10-14-25)32-22-27-17-15-26(16-18-27)21-31-28(23-36-35-4-2)19-24-11-7-5-8-12-24/h5-18,21-22,28-29H,3-4,19-20,23H2,1-2H3/b31-21+,32-22+/t28-,29-/m0/s1. The van der Waals surface area contributed by atoms with Gasteiger partial charge in [-0.3, -0.25) is 9.98 Å². The van der Waals surface area contributed by atoms with Crippen molar-refractivity contribution in [3.63, 3.8) is 0 Å². The largest absolute Gasteiger partial charge is 0.464 e. The van der Waals surface area contributed by atoms with E-state index in [1.165, 1.54) is 5.56 Å². The minimum atomic E-state index is -0.585. The van der Waals surface area contributed by atoms with Crippen LogP contribution in [0.25, 0.3) is 0 Å². The van der Waals surface area contributed by atoms with Crippen LogP contribution in [0, 0.1) is 0 Å². The third-order valence-corrected chi connectivity index (χ3v) is 5.38. The van der Waals surface area contributed by atoms with Gasteiger partial charge in [0.2, 0.25) is 0 Å². The van der Waals surface area contributed by atoms with Crippen LogP contribution in [0.5, 0.6) is 0 Å². The lowest BCUT2D eigenvalue weighted by Crippen LogP contribution is -2.24. The Hall–Kier alpha value is -3.61. The molecular weight excluding hydrogens is 452 g/mol. The van der Waals surface area contributed by atoms with E-state index in [1.807, 2.05) is 85.9 Å². The first-order valence-corrected chi connectivity index (χ1v) is 12.3. The Morgan fingerprint density at radius 1 is 0.722 bits per heavy atom. The van der Waals surface area contributed by atoms with Crippen molar-refractivity contribution in [3.8, 4) is 0 Å². The van der Waals surface area contributed by atoms with E-state index >= 15 is 0 Å². The summed E-state index contributed by atoms with van der Waals surface area (Å²) in [5.74, 6) is -0.319. The number of ether oxygens (including phenoxy) is 1. The average Bonchev–Trinajstić information content (AvgIpc) is 2.91. The van der Waals surface area contributed by atoms with Crippen molar-refractivity contribution < 1.29 is 19.3 Å². The van der Waals surface area contributed by atoms with Crippen LogP contribution in [-0.2, 0) is 32.1 Å². The maximum absolute atomic E-state index is 12.4. The molecule has 0 saturated heterocycles. The van der Waals surface area contributed by atoms with E-state index < -0.39 is 6.04 Å². The Morgan fingerprint density at radius 2 is 1.28 bits per heavy atom. The zero-order chi connectivity index (χ0) is 25.4. The van der Waals surface area contributed by atoms with Gasteiger partial charge in [-0.1, -0.05) is 84.9 Å². The van der Waals surface area contributed by atoms with E-state index in [0.717, 1.165) is 23.1 Å². The summed E-state index contributed by atoms with van der Waals surface area (Å²) < 4.78 is 5.23. The highest BCUT2D eigenvalue weighted by atomic mass is 17.2. The van der Waals surface area contributed by atoms with Gasteiger partial charge in [0, 0.05) is 18.9 Å². The lowest BCUT2D eigenvalue weighted by molar-refractivity contribution is -0.293. The summed E-state index contributed by atoms with van der Waals surface area (Å²) in [5.41, 5.74) is 4.10. The van der Waals surface area contributed by atoms with E-state index in [9.17, 15) is 4.79 Å². The van der Waals surface area contributed by atoms with Crippen molar-refractivity contribution in [2.24, 2.45) is 9.98 Å². The first-order valence-electron chi connectivity index (χ1n) is 12.3. The molecule has 6 nitrogen and oxygen atoms in total. The molecule has 6 heteroatoms. The van der Waals surface area contributed by atoms with E-state index in [1.54, 1.807) is 13.1 Å². The van der Waals surface area contributed by atoms with Gasteiger partial charge in [-0.15, -0.1) is 0 Å². The molecule has 188 valence electrons. The third-order valence-electron chi connectivity index (χ3n) is 5.38. The highest BCUT2D eigenvalue weighted by Gasteiger charge is 2.18. The average molecular weight is 487 g/mol. The highest BCUT2D eigenvalue weighted by molar-refractivity contribution is 5.86. The molecule has 0 aliphatic rings. The van der Waals surface area contributed by atoms with Crippen LogP contribution in [-0.4, -0.2) is 50.3 Å². The second kappa shape index (κ2) is 15.4. The van der Waals surface area contributed by atoms with Crippen molar-refractivity contribution in [2.45, 2.75) is 38.8 Å². The van der Waals surface area contributed by atoms with Gasteiger partial charge in [-0.2, -0.15) is 0 Å². The molecule has 36 heavy (non-hydrogen) atoms. The van der Waals surface area contributed by atoms with E-state index in [4.69, 9.17) is 19.5 Å². The fraction of sp³-hybridized carbons (Fsp3) is 0.300. The first kappa shape index (κ1) is 27.0. The summed E-state index contributed by atoms with van der Waals surface area (Å²) in [7, 11) is 0. The molecule has 0 saturated carbocycles. The second-order valence-corrected chi connectivity index (χ2v) is 8.22. The van der Waals surface area contributed by atoms with Crippen LogP contribution in [0.3, 0.4) is 0 Å². The van der Waals surface area contributed by atoms with Crippen molar-refractivity contribution in [2.75, 3.05) is 19.8 Å². The molecule has 0 unspecified atom stereocenters. The fourth-order valence-corrected chi connectivity index (χ4v) is 3.56. The van der Waals surface area contributed by atoms with Gasteiger partial charge in [0.05, 0.1) is 19.3 Å². The molecule has 3 aromatic rings. The molecule has 0 aliphatic heterocycles. The molecule has 0 radical (unpaired) electrons. The molecule has 0 aliphatic carbocycles. The molecule has 2 atom stereocenters. The second-order valence-electron chi connectivity index (χ2n) is 8.22. The number of hydrogen-bond donors (Lipinski definition) is 0. The van der Waals surface area contributed by atoms with E-state index in [0.29, 0.717) is 26.2 Å². The van der Waals surface area contributed by atoms with Gasteiger partial charge in [0.1, 0.15) is 6.61 Å². The Morgan fingerprint density at radius 3 is 1.83 bits per heavy atom. The van der Waals surface area contributed by atoms with Gasteiger partial charge >= 0.3 is 5.97 Å². The van der Waals surface area contributed by atoms with Crippen LogP contribution < -0.4 is 0 Å². The molecule has 0 fully saturated rings. The van der Waals surface area contributed by atoms with Crippen LogP contribution in [0.4, 0.5) is 0 Å². The molecule has 0 bridgehead atoms. The molecule has 0 N–H and O–H groups in total. The third kappa shape index (κ3) is 9.56. The van der Waals surface area contributed by atoms with Gasteiger partial charge < -0.3 is 4.74 Å². The number of aliphatic imine (C=N–C) groups is 2. The predicted octanol–water partition coefficient (Wildman–Crippen LogP) is 5.28. The molecule has 0 heterocycles. The van der Waals surface area contributed by atoms with Crippen LogP contribution in [0.1, 0.15) is 36.1 Å². The van der Waals surface area contributed by atoms with Gasteiger partial charge in [-0.25, -0.2) is 14.6 Å². The molecule has 0 amide bonds. The molecule has 0 spiro atoms. The molecule has 0 aromatic heterocycles. The highest BCUT2D eigenvalue weighted by Crippen LogP contribution is 2.10. The minimum Gasteiger partial charge on any atom is -0.464 e. The van der Waals surface area contributed by atoms with Crippen molar-refractivity contribution in [1.29, 1.82) is 0 Å². The maximum atomic E-state index is 12.4. The molecule has 3 rings (SSSR count). The number of benzene rings is 3. The SMILES string of the molecule is CCOOC[C@H](Cc1ccccc1)/N=C/c1ccc(/C=N/[C@@H](Cc2ccccc2)C(=O)OCC)cc1. The van der Waals surface area contributed by atoms with Crippen molar-refractivity contribution in [1.82, 2.24) is 0 Å². The number of esters is 1. The summed E-state index contributed by atoms with van der Waals surface area (Å²) >= 11 is 0. The summed E-state index contributed by atoms with van der Waals surface area (Å²) in [6.07, 6.45) is 4.82. The topological polar surface area (TPSA) is 69.5 Å². The van der Waals surface area contributed by atoms with Crippen LogP contribution in [0.15, 0.2) is 94.9 Å². The van der Waals surface area contributed by atoms with E-state index in [2.05, 4.69) is 17.1 Å². The van der Waals surface area contributed by atoms with Gasteiger partial charge in [-0.05, 0) is 42.5 Å². The van der Waals surface area contributed by atoms with Gasteiger partial charge in [0.25, 0.3) is 0 Å². The predicted molar refractivity (Wildman–Crippen MR) is 144 cm³/mol. The summed E-state index contributed by atoms with van der Waals surface area (Å²) in [4.78, 5) is 32.0. The lowest BCUT2D eigenvalue weighted by atomic mass is 10.1. The molecule has 3 aromatic carbocycles.